The summed E-state index contributed by atoms with van der Waals surface area (Å²) in [6.45, 7) is 3.36. The molecule has 15 heavy (non-hydrogen) atoms. The van der Waals surface area contributed by atoms with Crippen LogP contribution in [0.1, 0.15) is 5.56 Å². The second-order valence-corrected chi connectivity index (χ2v) is 4.44. The van der Waals surface area contributed by atoms with Crippen molar-refractivity contribution in [2.45, 2.75) is 18.6 Å². The molecule has 1 aromatic carbocycles. The monoisotopic (exact) mass is 200 g/mol. The highest BCUT2D eigenvalue weighted by atomic mass is 15.2. The highest BCUT2D eigenvalue weighted by molar-refractivity contribution is 5.17. The van der Waals surface area contributed by atoms with Crippen LogP contribution in [0.5, 0.6) is 0 Å². The van der Waals surface area contributed by atoms with Crippen LogP contribution in [0.15, 0.2) is 42.5 Å². The first-order chi connectivity index (χ1) is 7.40. The van der Waals surface area contributed by atoms with Crippen LogP contribution in [0.3, 0.4) is 0 Å². The van der Waals surface area contributed by atoms with E-state index in [0.29, 0.717) is 12.1 Å². The third-order valence-corrected chi connectivity index (χ3v) is 3.16. The highest BCUT2D eigenvalue weighted by Crippen LogP contribution is 2.15. The van der Waals surface area contributed by atoms with Crippen LogP contribution in [0.25, 0.3) is 0 Å². The van der Waals surface area contributed by atoms with Crippen LogP contribution in [0.4, 0.5) is 0 Å². The molecule has 0 aliphatic carbocycles. The number of hydrogen-bond acceptors (Lipinski definition) is 2. The van der Waals surface area contributed by atoms with Crippen molar-refractivity contribution >= 4 is 0 Å². The van der Waals surface area contributed by atoms with Crippen LogP contribution in [-0.4, -0.2) is 30.1 Å². The average molecular weight is 200 g/mol. The molecule has 2 heteroatoms. The van der Waals surface area contributed by atoms with Gasteiger partial charge in [0.05, 0.1) is 0 Å². The molecule has 2 nitrogen and oxygen atoms in total. The van der Waals surface area contributed by atoms with Crippen LogP contribution in [-0.2, 0) is 6.54 Å². The lowest BCUT2D eigenvalue weighted by Crippen LogP contribution is -2.51. The lowest BCUT2D eigenvalue weighted by molar-refractivity contribution is 0.197. The predicted molar refractivity (Wildman–Crippen MR) is 61.6 cm³/mol. The van der Waals surface area contributed by atoms with Gasteiger partial charge in [-0.05, 0) is 5.56 Å². The van der Waals surface area contributed by atoms with E-state index < -0.39 is 0 Å². The standard InChI is InChI=1S/C13H16N2/c1-2-4-11(5-3-1)8-15-9-12-6-7-13(10-15)14-12/h1-7,12-14H,8-10H2. The number of hydrogen-bond donors (Lipinski definition) is 1. The Labute approximate surface area is 90.6 Å². The van der Waals surface area contributed by atoms with Gasteiger partial charge < -0.3 is 5.32 Å². The van der Waals surface area contributed by atoms with Gasteiger partial charge in [0.25, 0.3) is 0 Å². The van der Waals surface area contributed by atoms with Gasteiger partial charge in [-0.3, -0.25) is 4.90 Å². The topological polar surface area (TPSA) is 15.3 Å². The van der Waals surface area contributed by atoms with E-state index in [-0.39, 0.29) is 0 Å². The molecule has 1 N–H and O–H groups in total. The summed E-state index contributed by atoms with van der Waals surface area (Å²) in [5, 5.41) is 3.55. The molecule has 0 saturated carbocycles. The average Bonchev–Trinajstić information content (AvgIpc) is 2.60. The molecular weight excluding hydrogens is 184 g/mol. The zero-order valence-electron chi connectivity index (χ0n) is 8.76. The molecule has 78 valence electrons. The van der Waals surface area contributed by atoms with E-state index in [1.165, 1.54) is 5.56 Å². The first-order valence-corrected chi connectivity index (χ1v) is 5.61. The van der Waals surface area contributed by atoms with Gasteiger partial charge >= 0.3 is 0 Å². The van der Waals surface area contributed by atoms with Crippen LogP contribution < -0.4 is 5.32 Å². The van der Waals surface area contributed by atoms with Crippen LogP contribution >= 0.6 is 0 Å². The summed E-state index contributed by atoms with van der Waals surface area (Å²) in [5.41, 5.74) is 1.42. The SMILES string of the molecule is C1=CC2CN(Cc3ccccc3)CC1N2. The minimum absolute atomic E-state index is 0.576. The summed E-state index contributed by atoms with van der Waals surface area (Å²) in [5.74, 6) is 0. The number of fused-ring (bicyclic) bond motifs is 2. The first kappa shape index (κ1) is 9.13. The van der Waals surface area contributed by atoms with Crippen molar-refractivity contribution in [2.75, 3.05) is 13.1 Å². The summed E-state index contributed by atoms with van der Waals surface area (Å²) in [6.07, 6.45) is 4.60. The van der Waals surface area contributed by atoms with E-state index in [0.717, 1.165) is 19.6 Å². The van der Waals surface area contributed by atoms with Gasteiger partial charge in [0.2, 0.25) is 0 Å². The molecule has 2 heterocycles. The van der Waals surface area contributed by atoms with Crippen LogP contribution in [0.2, 0.25) is 0 Å². The van der Waals surface area contributed by atoms with Crippen molar-refractivity contribution in [2.24, 2.45) is 0 Å². The fourth-order valence-electron chi connectivity index (χ4n) is 2.48. The Hall–Kier alpha value is -1.12. The Kier molecular flexibility index (Phi) is 2.31. The van der Waals surface area contributed by atoms with E-state index in [1.807, 2.05) is 0 Å². The zero-order chi connectivity index (χ0) is 10.1. The number of nitrogens with zero attached hydrogens (tertiary/aromatic N) is 1. The lowest BCUT2D eigenvalue weighted by Gasteiger charge is -2.32. The second kappa shape index (κ2) is 3.80. The van der Waals surface area contributed by atoms with Gasteiger partial charge in [0, 0.05) is 31.7 Å². The van der Waals surface area contributed by atoms with Crippen molar-refractivity contribution in [1.82, 2.24) is 10.2 Å². The Bertz CT molecular complexity index is 344. The van der Waals surface area contributed by atoms with Crippen molar-refractivity contribution in [3.8, 4) is 0 Å². The summed E-state index contributed by atoms with van der Waals surface area (Å²) < 4.78 is 0. The molecular formula is C13H16N2. The lowest BCUT2D eigenvalue weighted by atomic mass is 10.1. The molecule has 0 amide bonds. The highest BCUT2D eigenvalue weighted by Gasteiger charge is 2.27. The summed E-state index contributed by atoms with van der Waals surface area (Å²) >= 11 is 0. The third-order valence-electron chi connectivity index (χ3n) is 3.16. The maximum Gasteiger partial charge on any atom is 0.0384 e. The quantitative estimate of drug-likeness (QED) is 0.726. The minimum atomic E-state index is 0.576. The van der Waals surface area contributed by atoms with E-state index >= 15 is 0 Å². The Balaban J connectivity index is 1.66. The molecule has 0 aromatic heterocycles. The molecule has 2 aliphatic heterocycles. The minimum Gasteiger partial charge on any atom is -0.302 e. The molecule has 1 fully saturated rings. The van der Waals surface area contributed by atoms with Gasteiger partial charge in [-0.2, -0.15) is 0 Å². The fourth-order valence-corrected chi connectivity index (χ4v) is 2.48. The molecule has 0 spiro atoms. The molecule has 1 saturated heterocycles. The number of piperazine rings is 1. The summed E-state index contributed by atoms with van der Waals surface area (Å²) in [4.78, 5) is 2.53. The fraction of sp³-hybridized carbons (Fsp3) is 0.385. The number of nitrogens with one attached hydrogen (secondary N) is 1. The van der Waals surface area contributed by atoms with Gasteiger partial charge in [0.1, 0.15) is 0 Å². The van der Waals surface area contributed by atoms with Crippen molar-refractivity contribution < 1.29 is 0 Å². The Morgan fingerprint density at radius 3 is 2.40 bits per heavy atom. The van der Waals surface area contributed by atoms with E-state index in [4.69, 9.17) is 0 Å². The van der Waals surface area contributed by atoms with Crippen LogP contribution in [0, 0.1) is 0 Å². The maximum absolute atomic E-state index is 3.55. The van der Waals surface area contributed by atoms with E-state index in [9.17, 15) is 0 Å². The molecule has 3 rings (SSSR count). The first-order valence-electron chi connectivity index (χ1n) is 5.61. The predicted octanol–water partition coefficient (Wildman–Crippen LogP) is 1.40. The zero-order valence-corrected chi connectivity index (χ0v) is 8.76. The summed E-state index contributed by atoms with van der Waals surface area (Å²) in [7, 11) is 0. The Morgan fingerprint density at radius 1 is 1.07 bits per heavy atom. The molecule has 2 unspecified atom stereocenters. The molecule has 2 atom stereocenters. The largest absolute Gasteiger partial charge is 0.302 e. The molecule has 1 aromatic rings. The normalized spacial score (nSPS) is 29.6. The third kappa shape index (κ3) is 1.96. The van der Waals surface area contributed by atoms with E-state index in [2.05, 4.69) is 52.7 Å². The van der Waals surface area contributed by atoms with Crippen molar-refractivity contribution in [3.63, 3.8) is 0 Å². The Morgan fingerprint density at radius 2 is 1.73 bits per heavy atom. The van der Waals surface area contributed by atoms with Gasteiger partial charge in [0.15, 0.2) is 0 Å². The van der Waals surface area contributed by atoms with Gasteiger partial charge in [-0.1, -0.05) is 42.5 Å². The molecule has 2 bridgehead atoms. The maximum atomic E-state index is 3.55. The van der Waals surface area contributed by atoms with E-state index in [1.54, 1.807) is 0 Å². The second-order valence-electron chi connectivity index (χ2n) is 4.44. The number of benzene rings is 1. The molecule has 2 aliphatic rings. The van der Waals surface area contributed by atoms with Crippen molar-refractivity contribution in [3.05, 3.63) is 48.0 Å². The summed E-state index contributed by atoms with van der Waals surface area (Å²) in [6, 6.07) is 11.9. The van der Waals surface area contributed by atoms with Gasteiger partial charge in [-0.15, -0.1) is 0 Å². The van der Waals surface area contributed by atoms with Gasteiger partial charge in [-0.25, -0.2) is 0 Å². The molecule has 0 radical (unpaired) electrons. The van der Waals surface area contributed by atoms with Crippen molar-refractivity contribution in [1.29, 1.82) is 0 Å². The number of rotatable bonds is 2. The smallest absolute Gasteiger partial charge is 0.0384 e.